The van der Waals surface area contributed by atoms with E-state index in [0.29, 0.717) is 17.1 Å². The average molecular weight is 323 g/mol. The van der Waals surface area contributed by atoms with Gasteiger partial charge in [-0.25, -0.2) is 0 Å². The van der Waals surface area contributed by atoms with Crippen molar-refractivity contribution in [2.45, 2.75) is 76.5 Å². The number of rotatable bonds is 2. The van der Waals surface area contributed by atoms with E-state index in [1.807, 2.05) is 0 Å². The Morgan fingerprint density at radius 2 is 1.67 bits per heavy atom. The molecule has 2 heteroatoms. The Balaban J connectivity index is 1.57. The second-order valence-electron chi connectivity index (χ2n) is 9.43. The predicted octanol–water partition coefficient (Wildman–Crippen LogP) is 5.27. The molecule has 0 amide bonds. The van der Waals surface area contributed by atoms with Crippen molar-refractivity contribution >= 4 is 5.78 Å². The second kappa shape index (κ2) is 5.16. The van der Waals surface area contributed by atoms with Crippen molar-refractivity contribution < 1.29 is 4.79 Å². The number of nitrogens with zero attached hydrogens (tertiary/aromatic N) is 1. The van der Waals surface area contributed by atoms with Crippen molar-refractivity contribution in [3.8, 4) is 0 Å². The van der Waals surface area contributed by atoms with Gasteiger partial charge >= 0.3 is 0 Å². The summed E-state index contributed by atoms with van der Waals surface area (Å²) >= 11 is 0. The molecule has 0 saturated heterocycles. The molecule has 1 aromatic heterocycles. The first kappa shape index (κ1) is 15.1. The summed E-state index contributed by atoms with van der Waals surface area (Å²) in [4.78, 5) is 17.8. The van der Waals surface area contributed by atoms with Gasteiger partial charge in [-0.2, -0.15) is 0 Å². The van der Waals surface area contributed by atoms with Crippen LogP contribution in [0.3, 0.4) is 0 Å². The van der Waals surface area contributed by atoms with E-state index >= 15 is 0 Å². The van der Waals surface area contributed by atoms with Crippen molar-refractivity contribution in [2.24, 2.45) is 23.7 Å². The van der Waals surface area contributed by atoms with E-state index in [-0.39, 0.29) is 5.92 Å². The molecule has 2 atom stereocenters. The van der Waals surface area contributed by atoms with Crippen LogP contribution in [-0.4, -0.2) is 10.8 Å². The first-order valence-electron chi connectivity index (χ1n) is 10.1. The van der Waals surface area contributed by atoms with Gasteiger partial charge in [-0.05, 0) is 81.3 Å². The molecule has 0 spiro atoms. The highest BCUT2D eigenvalue weighted by Crippen LogP contribution is 2.60. The van der Waals surface area contributed by atoms with Gasteiger partial charge in [0, 0.05) is 28.5 Å². The number of aromatic nitrogens is 1. The summed E-state index contributed by atoms with van der Waals surface area (Å²) in [6, 6.07) is 4.37. The molecule has 5 aliphatic carbocycles. The van der Waals surface area contributed by atoms with Crippen molar-refractivity contribution in [1.82, 2.24) is 4.98 Å². The van der Waals surface area contributed by atoms with Crippen LogP contribution in [-0.2, 0) is 5.41 Å². The second-order valence-corrected chi connectivity index (χ2v) is 9.43. The lowest BCUT2D eigenvalue weighted by atomic mass is 9.48. The minimum Gasteiger partial charge on any atom is -0.294 e. The maximum Gasteiger partial charge on any atom is 0.167 e. The molecule has 4 bridgehead atoms. The fourth-order valence-corrected chi connectivity index (χ4v) is 6.99. The molecule has 0 aromatic carbocycles. The van der Waals surface area contributed by atoms with Crippen LogP contribution in [0.25, 0.3) is 0 Å². The summed E-state index contributed by atoms with van der Waals surface area (Å²) in [7, 11) is 0. The zero-order valence-electron chi connectivity index (χ0n) is 15.1. The molecule has 128 valence electrons. The summed E-state index contributed by atoms with van der Waals surface area (Å²) in [6.07, 6.45) is 10.6. The largest absolute Gasteiger partial charge is 0.294 e. The van der Waals surface area contributed by atoms with Crippen LogP contribution in [0.5, 0.6) is 0 Å². The normalized spacial score (nSPS) is 43.1. The molecular weight excluding hydrogens is 294 g/mol. The van der Waals surface area contributed by atoms with E-state index < -0.39 is 0 Å². The third-order valence-corrected chi connectivity index (χ3v) is 7.74. The number of ketones is 1. The minimum atomic E-state index is 0.162. The van der Waals surface area contributed by atoms with Gasteiger partial charge < -0.3 is 0 Å². The van der Waals surface area contributed by atoms with Crippen molar-refractivity contribution in [2.75, 3.05) is 0 Å². The Hall–Kier alpha value is -1.18. The van der Waals surface area contributed by atoms with Crippen LogP contribution in [0.4, 0.5) is 0 Å². The number of carbonyl (C=O) groups is 1. The summed E-state index contributed by atoms with van der Waals surface area (Å²) in [6.45, 7) is 4.33. The summed E-state index contributed by atoms with van der Waals surface area (Å²) in [5, 5.41) is 0. The minimum absolute atomic E-state index is 0.162. The van der Waals surface area contributed by atoms with Gasteiger partial charge in [-0.15, -0.1) is 0 Å². The number of hydrogen-bond acceptors (Lipinski definition) is 2. The van der Waals surface area contributed by atoms with Crippen LogP contribution < -0.4 is 0 Å². The molecule has 24 heavy (non-hydrogen) atoms. The van der Waals surface area contributed by atoms with Gasteiger partial charge in [0.05, 0.1) is 5.69 Å². The third kappa shape index (κ3) is 2.07. The topological polar surface area (TPSA) is 30.0 Å². The highest BCUT2D eigenvalue weighted by atomic mass is 16.1. The number of hydrogen-bond donors (Lipinski definition) is 0. The Bertz CT molecular complexity index is 656. The Morgan fingerprint density at radius 3 is 2.25 bits per heavy atom. The van der Waals surface area contributed by atoms with Gasteiger partial charge in [0.25, 0.3) is 0 Å². The van der Waals surface area contributed by atoms with E-state index in [1.165, 1.54) is 44.2 Å². The fraction of sp³-hybridized carbons (Fsp3) is 0.727. The van der Waals surface area contributed by atoms with E-state index in [9.17, 15) is 4.79 Å². The molecule has 6 rings (SSSR count). The molecule has 0 radical (unpaired) electrons. The van der Waals surface area contributed by atoms with Crippen molar-refractivity contribution in [3.63, 3.8) is 0 Å². The van der Waals surface area contributed by atoms with Crippen LogP contribution in [0.2, 0.25) is 0 Å². The van der Waals surface area contributed by atoms with Crippen LogP contribution in [0.15, 0.2) is 12.1 Å². The lowest BCUT2D eigenvalue weighted by molar-refractivity contribution is -0.00735. The zero-order valence-corrected chi connectivity index (χ0v) is 15.1. The number of Topliss-reactive ketones (excluding diaryl/α,β-unsaturated/α-hetero) is 1. The molecule has 1 heterocycles. The lowest BCUT2D eigenvalue weighted by Crippen LogP contribution is -2.49. The standard InChI is InChI=1S/C22H29NO/c1-3-17-6-13(2)21(24)18-4-5-19(23-20(17)18)22-10-14-7-15(11-22)9-16(8-14)12-22/h4-5,13-17H,3,6-12H2,1-2H3. The van der Waals surface area contributed by atoms with Gasteiger partial charge in [-0.3, -0.25) is 9.78 Å². The Kier molecular flexibility index (Phi) is 3.25. The maximum atomic E-state index is 12.6. The molecular formula is C22H29NO. The predicted molar refractivity (Wildman–Crippen MR) is 95.2 cm³/mol. The van der Waals surface area contributed by atoms with E-state index in [1.54, 1.807) is 0 Å². The molecule has 4 fully saturated rings. The maximum absolute atomic E-state index is 12.6. The Labute approximate surface area is 145 Å². The first-order valence-corrected chi connectivity index (χ1v) is 10.1. The lowest BCUT2D eigenvalue weighted by Gasteiger charge is -2.56. The van der Waals surface area contributed by atoms with Crippen molar-refractivity contribution in [1.29, 1.82) is 0 Å². The number of carbonyl (C=O) groups excluding carboxylic acids is 1. The zero-order chi connectivity index (χ0) is 16.5. The highest BCUT2D eigenvalue weighted by Gasteiger charge is 2.52. The molecule has 1 aromatic rings. The summed E-state index contributed by atoms with van der Waals surface area (Å²) < 4.78 is 0. The van der Waals surface area contributed by atoms with Crippen molar-refractivity contribution in [3.05, 3.63) is 29.1 Å². The van der Waals surface area contributed by atoms with E-state index in [2.05, 4.69) is 26.0 Å². The monoisotopic (exact) mass is 323 g/mol. The smallest absolute Gasteiger partial charge is 0.167 e. The first-order chi connectivity index (χ1) is 11.6. The SMILES string of the molecule is CCC1CC(C)C(=O)c2ccc(C34CC5CC(CC(C5)C3)C4)nc21. The fourth-order valence-electron chi connectivity index (χ4n) is 6.99. The average Bonchev–Trinajstić information content (AvgIpc) is 2.56. The van der Waals surface area contributed by atoms with Crippen LogP contribution in [0, 0.1) is 23.7 Å². The van der Waals surface area contributed by atoms with Gasteiger partial charge in [0.1, 0.15) is 0 Å². The third-order valence-electron chi connectivity index (χ3n) is 7.74. The molecule has 0 N–H and O–H groups in total. The van der Waals surface area contributed by atoms with Gasteiger partial charge in [0.2, 0.25) is 0 Å². The van der Waals surface area contributed by atoms with Crippen LogP contribution >= 0.6 is 0 Å². The number of pyridine rings is 1. The quantitative estimate of drug-likeness (QED) is 0.742. The highest BCUT2D eigenvalue weighted by molar-refractivity contribution is 5.99. The van der Waals surface area contributed by atoms with Gasteiger partial charge in [0.15, 0.2) is 5.78 Å². The van der Waals surface area contributed by atoms with Gasteiger partial charge in [-0.1, -0.05) is 13.8 Å². The summed E-state index contributed by atoms with van der Waals surface area (Å²) in [5.41, 5.74) is 3.73. The molecule has 0 aliphatic heterocycles. The molecule has 2 nitrogen and oxygen atoms in total. The number of fused-ring (bicyclic) bond motifs is 1. The summed E-state index contributed by atoms with van der Waals surface area (Å²) in [5.74, 6) is 3.78. The van der Waals surface area contributed by atoms with E-state index in [4.69, 9.17) is 4.98 Å². The van der Waals surface area contributed by atoms with E-state index in [0.717, 1.165) is 41.9 Å². The molecule has 5 aliphatic rings. The van der Waals surface area contributed by atoms with Crippen LogP contribution in [0.1, 0.15) is 92.9 Å². The molecule has 2 unspecified atom stereocenters. The molecule has 4 saturated carbocycles. The Morgan fingerprint density at radius 1 is 1.04 bits per heavy atom.